The Kier molecular flexibility index (Phi) is 50.6. The zero-order valence-electron chi connectivity index (χ0n) is 48.4. The lowest BCUT2D eigenvalue weighted by Crippen LogP contribution is -2.51. The van der Waals surface area contributed by atoms with E-state index in [2.05, 4.69) is 60.1 Å². The van der Waals surface area contributed by atoms with E-state index in [0.717, 1.165) is 0 Å². The second-order valence-electron chi connectivity index (χ2n) is 24.1. The van der Waals surface area contributed by atoms with E-state index < -0.39 is 32.3 Å². The largest absolute Gasteiger partial charge is 0.606 e. The molecule has 0 rings (SSSR count). The lowest BCUT2D eigenvalue weighted by molar-refractivity contribution is 0.292. The molecule has 0 saturated heterocycles. The van der Waals surface area contributed by atoms with Crippen molar-refractivity contribution in [2.24, 2.45) is 0 Å². The van der Waals surface area contributed by atoms with Gasteiger partial charge in [0.25, 0.3) is 0 Å². The molecular formula is C60H129BO3Si3. The molecule has 0 heterocycles. The van der Waals surface area contributed by atoms with Gasteiger partial charge in [-0.15, -0.1) is 0 Å². The first kappa shape index (κ1) is 67.6. The highest BCUT2D eigenvalue weighted by Gasteiger charge is 2.41. The molecule has 0 aromatic carbocycles. The minimum absolute atomic E-state index is 0.451. The molecule has 402 valence electrons. The van der Waals surface area contributed by atoms with Gasteiger partial charge in [0.1, 0.15) is 0 Å². The standard InChI is InChI=1S/C60H129BO3Si3/c1-10-13-16-19-22-25-28-31-34-37-40-43-46-49-52-55-58-65(4,5)62-61(63-66(6,7)59-56-53-50-47-44-41-38-35-32-29-26-23-20-17-14-11-2)64-67(8,9)60-57-54-51-48-45-42-39-36-33-30-27-24-21-18-15-12-3/h10-60H2,1-9H3. The summed E-state index contributed by atoms with van der Waals surface area (Å²) in [5.74, 6) is 0. The summed E-state index contributed by atoms with van der Waals surface area (Å²) >= 11 is 0. The van der Waals surface area contributed by atoms with Crippen LogP contribution < -0.4 is 0 Å². The van der Waals surface area contributed by atoms with Gasteiger partial charge >= 0.3 is 7.32 Å². The van der Waals surface area contributed by atoms with Gasteiger partial charge in [0, 0.05) is 0 Å². The first-order valence-electron chi connectivity index (χ1n) is 31.5. The van der Waals surface area contributed by atoms with Crippen LogP contribution in [-0.2, 0) is 13.0 Å². The molecule has 67 heavy (non-hydrogen) atoms. The molecular weight excluding hydrogens is 864 g/mol. The highest BCUT2D eigenvalue weighted by atomic mass is 28.4. The van der Waals surface area contributed by atoms with Crippen molar-refractivity contribution in [2.45, 2.75) is 386 Å². The molecule has 0 atom stereocenters. The van der Waals surface area contributed by atoms with Crippen molar-refractivity contribution in [1.82, 2.24) is 0 Å². The fourth-order valence-electron chi connectivity index (χ4n) is 10.3. The minimum Gasteiger partial charge on any atom is -0.429 e. The average Bonchev–Trinajstić information content (AvgIpc) is 3.28. The predicted octanol–water partition coefficient (Wildman–Crippen LogP) is 23.4. The monoisotopic (exact) mass is 993 g/mol. The van der Waals surface area contributed by atoms with Crippen molar-refractivity contribution >= 4 is 32.3 Å². The second kappa shape index (κ2) is 50.1. The molecule has 0 unspecified atom stereocenters. The summed E-state index contributed by atoms with van der Waals surface area (Å²) in [6.45, 7) is 21.6. The maximum Gasteiger partial charge on any atom is 0.606 e. The summed E-state index contributed by atoms with van der Waals surface area (Å²) < 4.78 is 21.2. The van der Waals surface area contributed by atoms with Gasteiger partial charge < -0.3 is 13.0 Å². The molecule has 0 aliphatic rings. The van der Waals surface area contributed by atoms with Crippen LogP contribution in [0.3, 0.4) is 0 Å². The maximum atomic E-state index is 7.06. The summed E-state index contributed by atoms with van der Waals surface area (Å²) in [4.78, 5) is 0. The van der Waals surface area contributed by atoms with Crippen molar-refractivity contribution in [2.75, 3.05) is 0 Å². The fourth-order valence-corrected chi connectivity index (χ4v) is 16.1. The van der Waals surface area contributed by atoms with Gasteiger partial charge in [0.05, 0.1) is 0 Å². The van der Waals surface area contributed by atoms with E-state index >= 15 is 0 Å². The molecule has 0 aliphatic carbocycles. The number of rotatable bonds is 57. The third-order valence-corrected chi connectivity index (χ3v) is 22.3. The van der Waals surface area contributed by atoms with Crippen molar-refractivity contribution < 1.29 is 13.0 Å². The van der Waals surface area contributed by atoms with Crippen LogP contribution in [0.4, 0.5) is 0 Å². The Morgan fingerprint density at radius 2 is 0.313 bits per heavy atom. The van der Waals surface area contributed by atoms with E-state index in [1.807, 2.05) is 0 Å². The lowest BCUT2D eigenvalue weighted by Gasteiger charge is -2.36. The van der Waals surface area contributed by atoms with Crippen LogP contribution in [0.1, 0.15) is 329 Å². The molecule has 0 fully saturated rings. The molecule has 0 aliphatic heterocycles. The minimum atomic E-state index is -1.93. The van der Waals surface area contributed by atoms with E-state index in [1.165, 1.54) is 326 Å². The Morgan fingerprint density at radius 3 is 0.448 bits per heavy atom. The molecule has 0 N–H and O–H groups in total. The summed E-state index contributed by atoms with van der Waals surface area (Å²) in [6.07, 6.45) is 68.3. The van der Waals surface area contributed by atoms with Gasteiger partial charge in [-0.3, -0.25) is 0 Å². The first-order chi connectivity index (χ1) is 32.5. The summed E-state index contributed by atoms with van der Waals surface area (Å²) in [5.41, 5.74) is 0. The van der Waals surface area contributed by atoms with E-state index in [4.69, 9.17) is 13.0 Å². The van der Waals surface area contributed by atoms with Crippen LogP contribution in [0.5, 0.6) is 0 Å². The SMILES string of the molecule is CCCCCCCCCCCCCCCCCC[Si](C)(C)OB(O[Si](C)(C)CCCCCCCCCCCCCCCCCC)O[Si](C)(C)CCCCCCCCCCCCCCCCCC. The van der Waals surface area contributed by atoms with Crippen LogP contribution >= 0.6 is 0 Å². The zero-order valence-corrected chi connectivity index (χ0v) is 51.4. The number of hydrogen-bond donors (Lipinski definition) is 0. The van der Waals surface area contributed by atoms with Crippen molar-refractivity contribution in [1.29, 1.82) is 0 Å². The zero-order chi connectivity index (χ0) is 49.3. The van der Waals surface area contributed by atoms with Crippen molar-refractivity contribution in [3.63, 3.8) is 0 Å². The van der Waals surface area contributed by atoms with Crippen LogP contribution in [0.25, 0.3) is 0 Å². The lowest BCUT2D eigenvalue weighted by atomic mass is 10.0. The van der Waals surface area contributed by atoms with Crippen LogP contribution in [0.15, 0.2) is 0 Å². The van der Waals surface area contributed by atoms with Crippen LogP contribution in [-0.4, -0.2) is 32.3 Å². The van der Waals surface area contributed by atoms with Gasteiger partial charge in [0.15, 0.2) is 25.0 Å². The maximum absolute atomic E-state index is 7.06. The van der Waals surface area contributed by atoms with Crippen LogP contribution in [0, 0.1) is 0 Å². The van der Waals surface area contributed by atoms with Crippen LogP contribution in [0.2, 0.25) is 57.4 Å². The smallest absolute Gasteiger partial charge is 0.429 e. The predicted molar refractivity (Wildman–Crippen MR) is 315 cm³/mol. The quantitative estimate of drug-likeness (QED) is 0.0449. The molecule has 0 amide bonds. The van der Waals surface area contributed by atoms with Gasteiger partial charge in [0.2, 0.25) is 0 Å². The Morgan fingerprint density at radius 1 is 0.194 bits per heavy atom. The number of unbranched alkanes of at least 4 members (excludes halogenated alkanes) is 45. The Hall–Kier alpha value is 0.596. The molecule has 7 heteroatoms. The Balaban J connectivity index is 4.64. The number of hydrogen-bond acceptors (Lipinski definition) is 3. The summed E-state index contributed by atoms with van der Waals surface area (Å²) in [7, 11) is -6.25. The molecule has 0 spiro atoms. The van der Waals surface area contributed by atoms with Gasteiger partial charge in [-0.25, -0.2) is 0 Å². The van der Waals surface area contributed by atoms with E-state index in [0.29, 0.717) is 0 Å². The summed E-state index contributed by atoms with van der Waals surface area (Å²) in [6, 6.07) is 3.66. The molecule has 0 aromatic rings. The van der Waals surface area contributed by atoms with Gasteiger partial charge in [-0.05, 0) is 57.4 Å². The molecule has 0 bridgehead atoms. The Labute approximate surface area is 429 Å². The van der Waals surface area contributed by atoms with E-state index in [9.17, 15) is 0 Å². The molecule has 3 nitrogen and oxygen atoms in total. The second-order valence-corrected chi connectivity index (χ2v) is 36.8. The average molecular weight is 994 g/mol. The topological polar surface area (TPSA) is 27.7 Å². The summed E-state index contributed by atoms with van der Waals surface area (Å²) in [5, 5.41) is 0. The highest BCUT2D eigenvalue weighted by molar-refractivity contribution is 6.84. The van der Waals surface area contributed by atoms with Crippen molar-refractivity contribution in [3.05, 3.63) is 0 Å². The van der Waals surface area contributed by atoms with E-state index in [1.54, 1.807) is 0 Å². The molecule has 0 saturated carbocycles. The Bertz CT molecular complexity index is 846. The fraction of sp³-hybridized carbons (Fsp3) is 1.00. The first-order valence-corrected chi connectivity index (χ1v) is 40.8. The van der Waals surface area contributed by atoms with Crippen molar-refractivity contribution in [3.8, 4) is 0 Å². The normalized spacial score (nSPS) is 12.5. The van der Waals surface area contributed by atoms with Gasteiger partial charge in [-0.2, -0.15) is 0 Å². The van der Waals surface area contributed by atoms with E-state index in [-0.39, 0.29) is 0 Å². The third-order valence-electron chi connectivity index (χ3n) is 15.1. The highest BCUT2D eigenvalue weighted by Crippen LogP contribution is 2.27. The molecule has 0 aromatic heterocycles. The third kappa shape index (κ3) is 52.7. The molecule has 0 radical (unpaired) electrons. The van der Waals surface area contributed by atoms with Gasteiger partial charge in [-0.1, -0.05) is 329 Å².